The number of amides is 2. The molecule has 0 spiro atoms. The molecule has 0 aliphatic carbocycles. The average molecular weight is 366 g/mol. The van der Waals surface area contributed by atoms with E-state index in [9.17, 15) is 13.2 Å². The molecule has 2 aromatic carbocycles. The van der Waals surface area contributed by atoms with Gasteiger partial charge >= 0.3 is 16.2 Å². The Labute approximate surface area is 145 Å². The van der Waals surface area contributed by atoms with Gasteiger partial charge < -0.3 is 5.32 Å². The summed E-state index contributed by atoms with van der Waals surface area (Å²) in [5.74, 6) is 0. The minimum atomic E-state index is -3.92. The number of hydrogen-bond acceptors (Lipinski definition) is 3. The molecule has 0 atom stereocenters. The van der Waals surface area contributed by atoms with Gasteiger partial charge in [0, 0.05) is 23.8 Å². The lowest BCUT2D eigenvalue weighted by molar-refractivity contribution is 0.255. The monoisotopic (exact) mass is 365 g/mol. The van der Waals surface area contributed by atoms with Crippen LogP contribution in [0.1, 0.15) is 11.1 Å². The standard InChI is InChI=1S/C16H16ClN3O3S/c17-14-6-3-7-15(10-14)18-16(21)19-24(22,23)20-9-8-12-4-1-2-5-13(12)11-20/h1-7,10H,8-9,11H2,(H2,18,19,21). The molecule has 6 nitrogen and oxygen atoms in total. The van der Waals surface area contributed by atoms with E-state index in [1.807, 2.05) is 29.0 Å². The van der Waals surface area contributed by atoms with Gasteiger partial charge in [-0.2, -0.15) is 12.7 Å². The van der Waals surface area contributed by atoms with Crippen molar-refractivity contribution in [1.29, 1.82) is 0 Å². The van der Waals surface area contributed by atoms with Crippen molar-refractivity contribution in [3.05, 3.63) is 64.7 Å². The van der Waals surface area contributed by atoms with Crippen LogP contribution in [0.5, 0.6) is 0 Å². The number of carbonyl (C=O) groups excluding carboxylic acids is 1. The Morgan fingerprint density at radius 2 is 1.83 bits per heavy atom. The maximum atomic E-state index is 12.4. The van der Waals surface area contributed by atoms with Crippen LogP contribution in [-0.4, -0.2) is 25.3 Å². The molecular weight excluding hydrogens is 350 g/mol. The van der Waals surface area contributed by atoms with Crippen LogP contribution in [0.3, 0.4) is 0 Å². The number of benzene rings is 2. The van der Waals surface area contributed by atoms with E-state index in [1.54, 1.807) is 18.2 Å². The molecule has 2 amide bonds. The molecule has 0 aromatic heterocycles. The van der Waals surface area contributed by atoms with Crippen molar-refractivity contribution in [2.45, 2.75) is 13.0 Å². The van der Waals surface area contributed by atoms with Crippen molar-refractivity contribution in [2.24, 2.45) is 0 Å². The van der Waals surface area contributed by atoms with Gasteiger partial charge in [-0.1, -0.05) is 41.9 Å². The zero-order valence-corrected chi connectivity index (χ0v) is 14.3. The molecule has 24 heavy (non-hydrogen) atoms. The second kappa shape index (κ2) is 6.80. The van der Waals surface area contributed by atoms with Gasteiger partial charge in [-0.25, -0.2) is 9.52 Å². The molecule has 2 N–H and O–H groups in total. The molecule has 2 aromatic rings. The van der Waals surface area contributed by atoms with Gasteiger partial charge in [-0.05, 0) is 35.7 Å². The number of nitrogens with zero attached hydrogens (tertiary/aromatic N) is 1. The number of halogens is 1. The van der Waals surface area contributed by atoms with Crippen molar-refractivity contribution in [3.63, 3.8) is 0 Å². The highest BCUT2D eigenvalue weighted by molar-refractivity contribution is 7.87. The van der Waals surface area contributed by atoms with Gasteiger partial charge in [0.1, 0.15) is 0 Å². The summed E-state index contributed by atoms with van der Waals surface area (Å²) in [4.78, 5) is 12.0. The zero-order valence-electron chi connectivity index (χ0n) is 12.7. The van der Waals surface area contributed by atoms with Gasteiger partial charge in [0.15, 0.2) is 0 Å². The third kappa shape index (κ3) is 3.87. The van der Waals surface area contributed by atoms with E-state index >= 15 is 0 Å². The summed E-state index contributed by atoms with van der Waals surface area (Å²) >= 11 is 5.83. The number of fused-ring (bicyclic) bond motifs is 1. The van der Waals surface area contributed by atoms with Gasteiger partial charge in [0.25, 0.3) is 0 Å². The summed E-state index contributed by atoms with van der Waals surface area (Å²) < 4.78 is 28.1. The third-order valence-electron chi connectivity index (χ3n) is 3.74. The number of hydrogen-bond donors (Lipinski definition) is 2. The molecule has 0 radical (unpaired) electrons. The highest BCUT2D eigenvalue weighted by Gasteiger charge is 2.28. The van der Waals surface area contributed by atoms with Crippen LogP contribution in [-0.2, 0) is 23.2 Å². The lowest BCUT2D eigenvalue weighted by atomic mass is 10.0. The van der Waals surface area contributed by atoms with Gasteiger partial charge in [0.2, 0.25) is 0 Å². The first-order chi connectivity index (χ1) is 11.4. The van der Waals surface area contributed by atoms with Gasteiger partial charge in [-0.3, -0.25) is 0 Å². The van der Waals surface area contributed by atoms with Crippen molar-refractivity contribution in [1.82, 2.24) is 9.03 Å². The summed E-state index contributed by atoms with van der Waals surface area (Å²) in [6.07, 6.45) is 0.618. The van der Waals surface area contributed by atoms with Crippen LogP contribution < -0.4 is 10.0 Å². The number of rotatable bonds is 3. The van der Waals surface area contributed by atoms with E-state index in [4.69, 9.17) is 11.6 Å². The molecule has 0 saturated heterocycles. The molecule has 1 aliphatic heterocycles. The highest BCUT2D eigenvalue weighted by Crippen LogP contribution is 2.20. The maximum absolute atomic E-state index is 12.4. The fourth-order valence-corrected chi connectivity index (χ4v) is 3.82. The van der Waals surface area contributed by atoms with E-state index in [0.29, 0.717) is 23.7 Å². The van der Waals surface area contributed by atoms with E-state index in [2.05, 4.69) is 5.32 Å². The Morgan fingerprint density at radius 3 is 2.58 bits per heavy atom. The van der Waals surface area contributed by atoms with E-state index in [1.165, 1.54) is 10.4 Å². The zero-order chi connectivity index (χ0) is 17.2. The van der Waals surface area contributed by atoms with Gasteiger partial charge in [0.05, 0.1) is 0 Å². The summed E-state index contributed by atoms with van der Waals surface area (Å²) in [6, 6.07) is 13.3. The van der Waals surface area contributed by atoms with Crippen LogP contribution in [0, 0.1) is 0 Å². The number of urea groups is 1. The molecular formula is C16H16ClN3O3S. The lowest BCUT2D eigenvalue weighted by Gasteiger charge is -2.27. The van der Waals surface area contributed by atoms with Crippen molar-refractivity contribution in [2.75, 3.05) is 11.9 Å². The van der Waals surface area contributed by atoms with Crippen LogP contribution in [0.4, 0.5) is 10.5 Å². The lowest BCUT2D eigenvalue weighted by Crippen LogP contribution is -2.46. The Bertz CT molecular complexity index is 870. The SMILES string of the molecule is O=C(Nc1cccc(Cl)c1)NS(=O)(=O)N1CCc2ccccc2C1. The summed E-state index contributed by atoms with van der Waals surface area (Å²) in [5.41, 5.74) is 2.50. The van der Waals surface area contributed by atoms with Crippen LogP contribution in [0.2, 0.25) is 5.02 Å². The van der Waals surface area contributed by atoms with Crippen LogP contribution in [0.15, 0.2) is 48.5 Å². The number of nitrogens with one attached hydrogen (secondary N) is 2. The minimum Gasteiger partial charge on any atom is -0.307 e. The van der Waals surface area contributed by atoms with Crippen molar-refractivity contribution in [3.8, 4) is 0 Å². The first kappa shape index (κ1) is 16.8. The Morgan fingerprint density at radius 1 is 1.08 bits per heavy atom. The second-order valence-corrected chi connectivity index (χ2v) is 7.53. The Balaban J connectivity index is 1.67. The van der Waals surface area contributed by atoms with Crippen molar-refractivity contribution < 1.29 is 13.2 Å². The van der Waals surface area contributed by atoms with E-state index < -0.39 is 16.2 Å². The third-order valence-corrected chi connectivity index (χ3v) is 5.41. The van der Waals surface area contributed by atoms with Crippen LogP contribution >= 0.6 is 11.6 Å². The topological polar surface area (TPSA) is 78.5 Å². The fourth-order valence-electron chi connectivity index (χ4n) is 2.58. The largest absolute Gasteiger partial charge is 0.333 e. The van der Waals surface area contributed by atoms with E-state index in [0.717, 1.165) is 11.1 Å². The minimum absolute atomic E-state index is 0.246. The molecule has 3 rings (SSSR count). The average Bonchev–Trinajstić information content (AvgIpc) is 2.53. The van der Waals surface area contributed by atoms with Gasteiger partial charge in [-0.15, -0.1) is 0 Å². The molecule has 8 heteroatoms. The molecule has 126 valence electrons. The summed E-state index contributed by atoms with van der Waals surface area (Å²) in [5, 5.41) is 2.90. The Kier molecular flexibility index (Phi) is 4.75. The predicted molar refractivity (Wildman–Crippen MR) is 93.1 cm³/mol. The molecule has 1 aliphatic rings. The number of anilines is 1. The normalized spacial score (nSPS) is 14.7. The second-order valence-electron chi connectivity index (χ2n) is 5.42. The molecule has 0 saturated carbocycles. The first-order valence-electron chi connectivity index (χ1n) is 7.35. The maximum Gasteiger partial charge on any atom is 0.333 e. The molecule has 0 fully saturated rings. The predicted octanol–water partition coefficient (Wildman–Crippen LogP) is 2.76. The summed E-state index contributed by atoms with van der Waals surface area (Å²) in [6.45, 7) is 0.576. The first-order valence-corrected chi connectivity index (χ1v) is 9.17. The quantitative estimate of drug-likeness (QED) is 0.877. The Hall–Kier alpha value is -2.09. The molecule has 1 heterocycles. The molecule has 0 unspecified atom stereocenters. The smallest absolute Gasteiger partial charge is 0.307 e. The van der Waals surface area contributed by atoms with Crippen molar-refractivity contribution >= 4 is 33.5 Å². The number of carbonyl (C=O) groups is 1. The summed E-state index contributed by atoms with van der Waals surface area (Å²) in [7, 11) is -3.92. The fraction of sp³-hybridized carbons (Fsp3) is 0.188. The molecule has 0 bridgehead atoms. The van der Waals surface area contributed by atoms with E-state index in [-0.39, 0.29) is 6.54 Å². The van der Waals surface area contributed by atoms with Crippen LogP contribution in [0.25, 0.3) is 0 Å². The highest BCUT2D eigenvalue weighted by atomic mass is 35.5.